The van der Waals surface area contributed by atoms with Gasteiger partial charge in [0.25, 0.3) is 0 Å². The van der Waals surface area contributed by atoms with Crippen molar-refractivity contribution in [3.63, 3.8) is 0 Å². The van der Waals surface area contributed by atoms with E-state index in [-0.39, 0.29) is 6.61 Å². The number of hydrogen-bond donors (Lipinski definition) is 1. The lowest BCUT2D eigenvalue weighted by molar-refractivity contribution is -0.151. The molecule has 0 saturated heterocycles. The third kappa shape index (κ3) is 4.36. The van der Waals surface area contributed by atoms with Crippen LogP contribution in [-0.2, 0) is 14.3 Å². The lowest BCUT2D eigenvalue weighted by Crippen LogP contribution is -2.20. The van der Waals surface area contributed by atoms with Gasteiger partial charge < -0.3 is 14.6 Å². The van der Waals surface area contributed by atoms with Gasteiger partial charge in [0.1, 0.15) is 0 Å². The Bertz CT molecular complexity index is 1010. The van der Waals surface area contributed by atoms with Crippen molar-refractivity contribution in [2.75, 3.05) is 20.3 Å². The zero-order valence-electron chi connectivity index (χ0n) is 15.4. The summed E-state index contributed by atoms with van der Waals surface area (Å²) in [5.74, 6) is -1.08. The van der Waals surface area contributed by atoms with Crippen molar-refractivity contribution in [3.8, 4) is 11.1 Å². The molecule has 1 atom stereocenters. The number of carboxylic acid groups (broad SMARTS) is 1. The maximum Gasteiger partial charge on any atom is 0.337 e. The first-order valence-corrected chi connectivity index (χ1v) is 9.78. The van der Waals surface area contributed by atoms with E-state index in [9.17, 15) is 9.90 Å². The topological polar surface area (TPSA) is 68.7 Å². The number of aromatic nitrogens is 1. The molecule has 3 rings (SSSR count). The summed E-state index contributed by atoms with van der Waals surface area (Å²) in [4.78, 5) is 16.7. The smallest absolute Gasteiger partial charge is 0.337 e. The van der Waals surface area contributed by atoms with Crippen LogP contribution in [0.1, 0.15) is 17.4 Å². The zero-order valence-corrected chi connectivity index (χ0v) is 17.8. The molecule has 0 spiro atoms. The van der Waals surface area contributed by atoms with Crippen LogP contribution in [-0.4, -0.2) is 36.4 Å². The molecule has 1 heterocycles. The number of rotatable bonds is 7. The number of pyridine rings is 1. The molecule has 0 aliphatic carbocycles. The fraction of sp³-hybridized carbons (Fsp3) is 0.238. The van der Waals surface area contributed by atoms with E-state index < -0.39 is 12.1 Å². The number of aliphatic carboxylic acids is 1. The monoisotopic (exact) mass is 463 g/mol. The van der Waals surface area contributed by atoms with Crippen LogP contribution in [0.15, 0.2) is 46.9 Å². The first-order chi connectivity index (χ1) is 13.4. The number of aryl methyl sites for hydroxylation is 1. The van der Waals surface area contributed by atoms with Crippen LogP contribution in [0.3, 0.4) is 0 Å². The van der Waals surface area contributed by atoms with Gasteiger partial charge in [-0.15, -0.1) is 0 Å². The number of fused-ring (bicyclic) bond motifs is 1. The molecule has 146 valence electrons. The molecule has 1 unspecified atom stereocenters. The molecule has 1 N–H and O–H groups in total. The number of ether oxygens (including phenoxy) is 2. The highest BCUT2D eigenvalue weighted by Gasteiger charge is 2.28. The van der Waals surface area contributed by atoms with Crippen LogP contribution in [0, 0.1) is 6.92 Å². The van der Waals surface area contributed by atoms with Crippen molar-refractivity contribution < 1.29 is 19.4 Å². The van der Waals surface area contributed by atoms with Crippen LogP contribution >= 0.6 is 27.5 Å². The van der Waals surface area contributed by atoms with Gasteiger partial charge in [0, 0.05) is 33.2 Å². The van der Waals surface area contributed by atoms with E-state index in [1.807, 2.05) is 30.3 Å². The molecule has 7 heteroatoms. The van der Waals surface area contributed by atoms with E-state index in [2.05, 4.69) is 20.9 Å². The number of methoxy groups -OCH3 is 1. The van der Waals surface area contributed by atoms with Crippen LogP contribution in [0.2, 0.25) is 5.02 Å². The lowest BCUT2D eigenvalue weighted by atomic mass is 9.91. The highest BCUT2D eigenvalue weighted by Crippen LogP contribution is 2.39. The van der Waals surface area contributed by atoms with Crippen molar-refractivity contribution in [1.82, 2.24) is 4.98 Å². The highest BCUT2D eigenvalue weighted by atomic mass is 79.9. The third-order valence-corrected chi connectivity index (χ3v) is 5.11. The number of carboxylic acids is 1. The molecular weight excluding hydrogens is 446 g/mol. The minimum atomic E-state index is -1.17. The lowest BCUT2D eigenvalue weighted by Gasteiger charge is -2.21. The second-order valence-electron chi connectivity index (χ2n) is 6.24. The summed E-state index contributed by atoms with van der Waals surface area (Å²) in [6.07, 6.45) is -1.17. The minimum Gasteiger partial charge on any atom is -0.479 e. The summed E-state index contributed by atoms with van der Waals surface area (Å²) >= 11 is 9.56. The summed E-state index contributed by atoms with van der Waals surface area (Å²) in [7, 11) is 1.54. The van der Waals surface area contributed by atoms with E-state index in [0.717, 1.165) is 26.5 Å². The van der Waals surface area contributed by atoms with Gasteiger partial charge in [0.2, 0.25) is 0 Å². The summed E-state index contributed by atoms with van der Waals surface area (Å²) in [5.41, 5.74) is 3.51. The molecule has 0 fully saturated rings. The van der Waals surface area contributed by atoms with Crippen molar-refractivity contribution in [1.29, 1.82) is 0 Å². The van der Waals surface area contributed by atoms with Gasteiger partial charge in [0.15, 0.2) is 6.10 Å². The summed E-state index contributed by atoms with van der Waals surface area (Å²) in [6, 6.07) is 13.0. The SMILES string of the molecule is COCCOC(C(=O)O)c1c(C)nc2ccc(Br)cc2c1-c1ccc(Cl)cc1. The minimum absolute atomic E-state index is 0.156. The fourth-order valence-electron chi connectivity index (χ4n) is 3.15. The number of halogens is 2. The third-order valence-electron chi connectivity index (χ3n) is 4.37. The molecule has 0 radical (unpaired) electrons. The molecule has 0 amide bonds. The van der Waals surface area contributed by atoms with Crippen LogP contribution in [0.5, 0.6) is 0 Å². The molecule has 0 aliphatic heterocycles. The van der Waals surface area contributed by atoms with Crippen LogP contribution < -0.4 is 0 Å². The number of nitrogens with zero attached hydrogens (tertiary/aromatic N) is 1. The standard InChI is InChI=1S/C21H19BrClNO4/c1-12-18(20(21(25)26)28-10-9-27-2)19(13-3-6-15(23)7-4-13)16-11-14(22)5-8-17(16)24-12/h3-8,11,20H,9-10H2,1-2H3,(H,25,26). The van der Waals surface area contributed by atoms with E-state index in [0.29, 0.717) is 22.9 Å². The maximum atomic E-state index is 12.1. The van der Waals surface area contributed by atoms with Gasteiger partial charge in [0.05, 0.1) is 18.7 Å². The number of benzene rings is 2. The Morgan fingerprint density at radius 1 is 1.21 bits per heavy atom. The summed E-state index contributed by atoms with van der Waals surface area (Å²) in [5, 5.41) is 11.3. The quantitative estimate of drug-likeness (QED) is 0.473. The average Bonchev–Trinajstić information content (AvgIpc) is 2.66. The van der Waals surface area contributed by atoms with Crippen LogP contribution in [0.4, 0.5) is 0 Å². The Balaban J connectivity index is 2.30. The Morgan fingerprint density at radius 3 is 2.57 bits per heavy atom. The zero-order chi connectivity index (χ0) is 20.3. The van der Waals surface area contributed by atoms with Gasteiger partial charge in [-0.05, 0) is 48.4 Å². The highest BCUT2D eigenvalue weighted by molar-refractivity contribution is 9.10. The van der Waals surface area contributed by atoms with Gasteiger partial charge >= 0.3 is 5.97 Å². The summed E-state index contributed by atoms with van der Waals surface area (Å²) < 4.78 is 11.5. The summed E-state index contributed by atoms with van der Waals surface area (Å²) in [6.45, 7) is 2.25. The molecule has 2 aromatic carbocycles. The van der Waals surface area contributed by atoms with Crippen molar-refractivity contribution in [2.45, 2.75) is 13.0 Å². The van der Waals surface area contributed by atoms with E-state index >= 15 is 0 Å². The van der Waals surface area contributed by atoms with E-state index in [1.165, 1.54) is 0 Å². The Kier molecular flexibility index (Phi) is 6.67. The largest absolute Gasteiger partial charge is 0.479 e. The molecule has 0 bridgehead atoms. The molecule has 5 nitrogen and oxygen atoms in total. The number of carbonyl (C=O) groups is 1. The maximum absolute atomic E-state index is 12.1. The Morgan fingerprint density at radius 2 is 1.93 bits per heavy atom. The Hall–Kier alpha value is -1.99. The van der Waals surface area contributed by atoms with Gasteiger partial charge in [-0.3, -0.25) is 4.98 Å². The normalized spacial score (nSPS) is 12.3. The number of hydrogen-bond acceptors (Lipinski definition) is 4. The fourth-order valence-corrected chi connectivity index (χ4v) is 3.64. The average molecular weight is 465 g/mol. The first kappa shape index (κ1) is 20.7. The first-order valence-electron chi connectivity index (χ1n) is 8.61. The van der Waals surface area contributed by atoms with Crippen molar-refractivity contribution >= 4 is 44.4 Å². The Labute approximate surface area is 176 Å². The molecule has 3 aromatic rings. The molecule has 0 saturated carbocycles. The predicted molar refractivity (Wildman–Crippen MR) is 113 cm³/mol. The molecule has 1 aromatic heterocycles. The van der Waals surface area contributed by atoms with Crippen LogP contribution in [0.25, 0.3) is 22.0 Å². The van der Waals surface area contributed by atoms with Gasteiger partial charge in [-0.25, -0.2) is 4.79 Å². The predicted octanol–water partition coefficient (Wildman–Crippen LogP) is 5.41. The van der Waals surface area contributed by atoms with Crippen molar-refractivity contribution in [2.24, 2.45) is 0 Å². The molecular formula is C21H19BrClNO4. The molecule has 0 aliphatic rings. The van der Waals surface area contributed by atoms with Crippen molar-refractivity contribution in [3.05, 3.63) is 63.2 Å². The van der Waals surface area contributed by atoms with Gasteiger partial charge in [-0.2, -0.15) is 0 Å². The second-order valence-corrected chi connectivity index (χ2v) is 7.59. The second kappa shape index (κ2) is 9.01. The van der Waals surface area contributed by atoms with E-state index in [4.69, 9.17) is 21.1 Å². The van der Waals surface area contributed by atoms with E-state index in [1.54, 1.807) is 26.2 Å². The molecule has 28 heavy (non-hydrogen) atoms. The van der Waals surface area contributed by atoms with Gasteiger partial charge in [-0.1, -0.05) is 39.7 Å².